The summed E-state index contributed by atoms with van der Waals surface area (Å²) in [6.45, 7) is 3.21. The maximum Gasteiger partial charge on any atom is 0.220 e. The van der Waals surface area contributed by atoms with Gasteiger partial charge in [-0.25, -0.2) is 0 Å². The van der Waals surface area contributed by atoms with Crippen LogP contribution < -0.4 is 10.1 Å². The van der Waals surface area contributed by atoms with Gasteiger partial charge in [-0.05, 0) is 24.7 Å². The Kier molecular flexibility index (Phi) is 5.49. The predicted octanol–water partition coefficient (Wildman–Crippen LogP) is 1.61. The molecule has 1 rings (SSSR count). The molecule has 0 radical (unpaired) electrons. The lowest BCUT2D eigenvalue weighted by Crippen LogP contribution is -2.34. The number of rotatable bonds is 6. The SMILES string of the molecule is CCC(=O)NCN(C)Cc1ccc(OC)cc1. The number of nitrogens with zero attached hydrogens (tertiary/aromatic N) is 1. The van der Waals surface area contributed by atoms with Gasteiger partial charge in [0.1, 0.15) is 5.75 Å². The van der Waals surface area contributed by atoms with Crippen molar-refractivity contribution in [2.75, 3.05) is 20.8 Å². The number of methoxy groups -OCH3 is 1. The second kappa shape index (κ2) is 6.91. The molecule has 0 bridgehead atoms. The van der Waals surface area contributed by atoms with Gasteiger partial charge >= 0.3 is 0 Å². The molecular weight excluding hydrogens is 216 g/mol. The summed E-state index contributed by atoms with van der Waals surface area (Å²) < 4.78 is 5.10. The third-order valence-electron chi connectivity index (χ3n) is 2.48. The molecule has 0 aliphatic rings. The van der Waals surface area contributed by atoms with Gasteiger partial charge in [0, 0.05) is 13.0 Å². The quantitative estimate of drug-likeness (QED) is 0.763. The van der Waals surface area contributed by atoms with E-state index in [-0.39, 0.29) is 5.91 Å². The van der Waals surface area contributed by atoms with E-state index in [0.29, 0.717) is 13.1 Å². The largest absolute Gasteiger partial charge is 0.497 e. The van der Waals surface area contributed by atoms with Crippen LogP contribution in [-0.4, -0.2) is 31.6 Å². The number of carbonyl (C=O) groups is 1. The van der Waals surface area contributed by atoms with Crippen LogP contribution in [0.5, 0.6) is 5.75 Å². The topological polar surface area (TPSA) is 41.6 Å². The fraction of sp³-hybridized carbons (Fsp3) is 0.462. The zero-order valence-corrected chi connectivity index (χ0v) is 10.7. The molecule has 1 aromatic rings. The Morgan fingerprint density at radius 1 is 1.35 bits per heavy atom. The first-order valence-corrected chi connectivity index (χ1v) is 5.74. The number of hydrogen-bond acceptors (Lipinski definition) is 3. The van der Waals surface area contributed by atoms with Crippen LogP contribution in [0.1, 0.15) is 18.9 Å². The molecule has 1 amide bonds. The molecule has 0 atom stereocenters. The maximum absolute atomic E-state index is 11.1. The number of hydrogen-bond donors (Lipinski definition) is 1. The van der Waals surface area contributed by atoms with Crippen molar-refractivity contribution < 1.29 is 9.53 Å². The average Bonchev–Trinajstić information content (AvgIpc) is 2.36. The monoisotopic (exact) mass is 236 g/mol. The molecule has 0 saturated heterocycles. The summed E-state index contributed by atoms with van der Waals surface area (Å²) in [6, 6.07) is 7.93. The standard InChI is InChI=1S/C13H20N2O2/c1-4-13(16)14-10-15(2)9-11-5-7-12(17-3)8-6-11/h5-8H,4,9-10H2,1-3H3,(H,14,16). The van der Waals surface area contributed by atoms with Gasteiger partial charge in [0.05, 0.1) is 13.8 Å². The van der Waals surface area contributed by atoms with E-state index in [2.05, 4.69) is 10.2 Å². The molecule has 0 spiro atoms. The Bertz CT molecular complexity index is 349. The molecule has 94 valence electrons. The van der Waals surface area contributed by atoms with Crippen LogP contribution in [0.2, 0.25) is 0 Å². The normalized spacial score (nSPS) is 10.4. The van der Waals surface area contributed by atoms with Crippen LogP contribution in [0.25, 0.3) is 0 Å². The van der Waals surface area contributed by atoms with Crippen LogP contribution in [0.15, 0.2) is 24.3 Å². The van der Waals surface area contributed by atoms with Crippen LogP contribution >= 0.6 is 0 Å². The zero-order valence-electron chi connectivity index (χ0n) is 10.7. The minimum absolute atomic E-state index is 0.0755. The smallest absolute Gasteiger partial charge is 0.220 e. The Balaban J connectivity index is 2.39. The van der Waals surface area contributed by atoms with Crippen molar-refractivity contribution in [1.29, 1.82) is 0 Å². The molecule has 0 saturated carbocycles. The van der Waals surface area contributed by atoms with E-state index in [4.69, 9.17) is 4.74 Å². The minimum atomic E-state index is 0.0755. The van der Waals surface area contributed by atoms with Crippen molar-refractivity contribution in [3.05, 3.63) is 29.8 Å². The van der Waals surface area contributed by atoms with E-state index in [0.717, 1.165) is 12.3 Å². The van der Waals surface area contributed by atoms with Crippen LogP contribution in [0.3, 0.4) is 0 Å². The number of nitrogens with one attached hydrogen (secondary N) is 1. The summed E-state index contributed by atoms with van der Waals surface area (Å²) in [7, 11) is 3.63. The van der Waals surface area contributed by atoms with Gasteiger partial charge in [0.25, 0.3) is 0 Å². The van der Waals surface area contributed by atoms with E-state index in [1.807, 2.05) is 38.2 Å². The molecule has 4 nitrogen and oxygen atoms in total. The second-order valence-corrected chi connectivity index (χ2v) is 3.97. The van der Waals surface area contributed by atoms with Crippen molar-refractivity contribution in [2.45, 2.75) is 19.9 Å². The Hall–Kier alpha value is -1.55. The highest BCUT2D eigenvalue weighted by molar-refractivity contribution is 5.75. The van der Waals surface area contributed by atoms with E-state index >= 15 is 0 Å². The van der Waals surface area contributed by atoms with Crippen LogP contribution in [-0.2, 0) is 11.3 Å². The number of amides is 1. The summed E-state index contributed by atoms with van der Waals surface area (Å²) in [5, 5.41) is 2.84. The number of carbonyl (C=O) groups excluding carboxylic acids is 1. The Labute approximate surface area is 103 Å². The van der Waals surface area contributed by atoms with Crippen molar-refractivity contribution in [1.82, 2.24) is 10.2 Å². The van der Waals surface area contributed by atoms with Gasteiger partial charge in [0.2, 0.25) is 5.91 Å². The van der Waals surface area contributed by atoms with Crippen molar-refractivity contribution in [2.24, 2.45) is 0 Å². The highest BCUT2D eigenvalue weighted by atomic mass is 16.5. The van der Waals surface area contributed by atoms with Gasteiger partial charge in [-0.3, -0.25) is 9.69 Å². The van der Waals surface area contributed by atoms with Gasteiger partial charge in [-0.2, -0.15) is 0 Å². The molecule has 0 fully saturated rings. The second-order valence-electron chi connectivity index (χ2n) is 3.97. The van der Waals surface area contributed by atoms with Gasteiger partial charge in [0.15, 0.2) is 0 Å². The first-order chi connectivity index (χ1) is 8.15. The number of ether oxygens (including phenoxy) is 1. The fourth-order valence-electron chi connectivity index (χ4n) is 1.45. The maximum atomic E-state index is 11.1. The summed E-state index contributed by atoms with van der Waals surface area (Å²) in [5.41, 5.74) is 1.19. The lowest BCUT2D eigenvalue weighted by atomic mass is 10.2. The van der Waals surface area contributed by atoms with Crippen LogP contribution in [0.4, 0.5) is 0 Å². The molecule has 0 aliphatic carbocycles. The van der Waals surface area contributed by atoms with E-state index in [9.17, 15) is 4.79 Å². The molecule has 0 aromatic heterocycles. The molecule has 0 heterocycles. The fourth-order valence-corrected chi connectivity index (χ4v) is 1.45. The highest BCUT2D eigenvalue weighted by Crippen LogP contribution is 2.12. The lowest BCUT2D eigenvalue weighted by molar-refractivity contribution is -0.121. The van der Waals surface area contributed by atoms with E-state index < -0.39 is 0 Å². The molecular formula is C13H20N2O2. The van der Waals surface area contributed by atoms with Crippen molar-refractivity contribution in [3.8, 4) is 5.75 Å². The lowest BCUT2D eigenvalue weighted by Gasteiger charge is -2.17. The molecule has 1 aromatic carbocycles. The summed E-state index contributed by atoms with van der Waals surface area (Å²) in [6.07, 6.45) is 0.524. The van der Waals surface area contributed by atoms with Gasteiger partial charge < -0.3 is 10.1 Å². The average molecular weight is 236 g/mol. The Morgan fingerprint density at radius 3 is 2.53 bits per heavy atom. The molecule has 1 N–H and O–H groups in total. The third kappa shape index (κ3) is 4.87. The molecule has 4 heteroatoms. The first-order valence-electron chi connectivity index (χ1n) is 5.74. The van der Waals surface area contributed by atoms with Crippen molar-refractivity contribution in [3.63, 3.8) is 0 Å². The van der Waals surface area contributed by atoms with E-state index in [1.165, 1.54) is 5.56 Å². The summed E-state index contributed by atoms with van der Waals surface area (Å²) in [5.74, 6) is 0.933. The summed E-state index contributed by atoms with van der Waals surface area (Å²) in [4.78, 5) is 13.1. The van der Waals surface area contributed by atoms with Crippen LogP contribution in [0, 0.1) is 0 Å². The van der Waals surface area contributed by atoms with Gasteiger partial charge in [-0.15, -0.1) is 0 Å². The molecule has 17 heavy (non-hydrogen) atoms. The van der Waals surface area contributed by atoms with Crippen molar-refractivity contribution >= 4 is 5.91 Å². The minimum Gasteiger partial charge on any atom is -0.497 e. The highest BCUT2D eigenvalue weighted by Gasteiger charge is 2.02. The van der Waals surface area contributed by atoms with Gasteiger partial charge in [-0.1, -0.05) is 19.1 Å². The van der Waals surface area contributed by atoms with E-state index in [1.54, 1.807) is 7.11 Å². The first kappa shape index (κ1) is 13.5. The predicted molar refractivity (Wildman–Crippen MR) is 67.8 cm³/mol. The number of benzene rings is 1. The molecule has 0 unspecified atom stereocenters. The third-order valence-corrected chi connectivity index (χ3v) is 2.48. The zero-order chi connectivity index (χ0) is 12.7. The summed E-state index contributed by atoms with van der Waals surface area (Å²) >= 11 is 0. The molecule has 0 aliphatic heterocycles. The Morgan fingerprint density at radius 2 is 2.00 bits per heavy atom.